The minimum absolute atomic E-state index is 0.0553. The van der Waals surface area contributed by atoms with Crippen molar-refractivity contribution in [2.24, 2.45) is 0 Å². The Hall–Kier alpha value is -3.07. The van der Waals surface area contributed by atoms with Gasteiger partial charge in [-0.25, -0.2) is 9.67 Å². The van der Waals surface area contributed by atoms with E-state index in [9.17, 15) is 9.59 Å². The molecule has 3 heterocycles. The third kappa shape index (κ3) is 3.77. The second-order valence-corrected chi connectivity index (χ2v) is 7.56. The predicted molar refractivity (Wildman–Crippen MR) is 109 cm³/mol. The third-order valence-electron chi connectivity index (χ3n) is 5.53. The maximum Gasteiger partial charge on any atom is 0.258 e. The van der Waals surface area contributed by atoms with E-state index in [0.717, 1.165) is 18.5 Å². The molecule has 2 unspecified atom stereocenters. The summed E-state index contributed by atoms with van der Waals surface area (Å²) >= 11 is 0. The summed E-state index contributed by atoms with van der Waals surface area (Å²) in [6.45, 7) is 5.04. The van der Waals surface area contributed by atoms with Gasteiger partial charge in [0.05, 0.1) is 28.8 Å². The van der Waals surface area contributed by atoms with Crippen molar-refractivity contribution in [1.29, 1.82) is 0 Å². The van der Waals surface area contributed by atoms with Crippen LogP contribution in [0.2, 0.25) is 0 Å². The molecule has 0 spiro atoms. The first-order chi connectivity index (χ1) is 14.0. The standard InChI is InChI=1S/C20H25N7O2/c1-12(21-3)18-11-27(25-24-18)15-5-4-8-26(10-15)20(29)14-6-7-16-17(9-14)22-13(2)23-19(16)28/h6-7,9,11-12,15,21H,4-5,8,10H2,1-3H3,(H,22,23,28). The highest BCUT2D eigenvalue weighted by Crippen LogP contribution is 2.23. The minimum Gasteiger partial charge on any atom is -0.336 e. The summed E-state index contributed by atoms with van der Waals surface area (Å²) in [7, 11) is 1.89. The molecule has 3 aromatic rings. The number of benzene rings is 1. The van der Waals surface area contributed by atoms with Crippen LogP contribution in [0.1, 0.15) is 53.7 Å². The lowest BCUT2D eigenvalue weighted by atomic mass is 10.0. The monoisotopic (exact) mass is 395 g/mol. The van der Waals surface area contributed by atoms with Gasteiger partial charge in [0.2, 0.25) is 0 Å². The normalized spacial score (nSPS) is 18.2. The second kappa shape index (κ2) is 7.75. The third-order valence-corrected chi connectivity index (χ3v) is 5.53. The minimum atomic E-state index is -0.192. The van der Waals surface area contributed by atoms with Crippen molar-refractivity contribution in [2.75, 3.05) is 20.1 Å². The molecule has 2 atom stereocenters. The molecule has 1 saturated heterocycles. The molecule has 0 saturated carbocycles. The number of hydrogen-bond acceptors (Lipinski definition) is 6. The number of fused-ring (bicyclic) bond motifs is 1. The van der Waals surface area contributed by atoms with Gasteiger partial charge in [-0.15, -0.1) is 5.10 Å². The van der Waals surface area contributed by atoms with E-state index in [4.69, 9.17) is 0 Å². The number of aromatic amines is 1. The Kier molecular flexibility index (Phi) is 5.14. The van der Waals surface area contributed by atoms with Crippen LogP contribution in [-0.4, -0.2) is 55.9 Å². The summed E-state index contributed by atoms with van der Waals surface area (Å²) in [5.41, 5.74) is 1.77. The Morgan fingerprint density at radius 3 is 3.00 bits per heavy atom. The van der Waals surface area contributed by atoms with Crippen LogP contribution in [-0.2, 0) is 0 Å². The summed E-state index contributed by atoms with van der Waals surface area (Å²) in [6.07, 6.45) is 3.81. The largest absolute Gasteiger partial charge is 0.336 e. The molecule has 0 aliphatic carbocycles. The van der Waals surface area contributed by atoms with Crippen LogP contribution < -0.4 is 10.9 Å². The molecule has 1 aromatic carbocycles. The molecule has 29 heavy (non-hydrogen) atoms. The number of aromatic nitrogens is 5. The molecule has 2 N–H and O–H groups in total. The van der Waals surface area contributed by atoms with Crippen molar-refractivity contribution >= 4 is 16.8 Å². The fraction of sp³-hybridized carbons (Fsp3) is 0.450. The van der Waals surface area contributed by atoms with Gasteiger partial charge in [-0.1, -0.05) is 5.21 Å². The Labute approximate surface area is 168 Å². The van der Waals surface area contributed by atoms with E-state index < -0.39 is 0 Å². The zero-order chi connectivity index (χ0) is 20.5. The molecule has 2 aromatic heterocycles. The maximum absolute atomic E-state index is 13.1. The van der Waals surface area contributed by atoms with Crippen LogP contribution in [0, 0.1) is 6.92 Å². The van der Waals surface area contributed by atoms with Gasteiger partial charge in [0.25, 0.3) is 11.5 Å². The predicted octanol–water partition coefficient (Wildman–Crippen LogP) is 1.58. The van der Waals surface area contributed by atoms with Crippen LogP contribution in [0.4, 0.5) is 0 Å². The molecule has 1 aliphatic heterocycles. The Bertz CT molecular complexity index is 1100. The second-order valence-electron chi connectivity index (χ2n) is 7.56. The maximum atomic E-state index is 13.1. The van der Waals surface area contributed by atoms with Crippen molar-refractivity contribution in [3.63, 3.8) is 0 Å². The van der Waals surface area contributed by atoms with Gasteiger partial charge in [0.1, 0.15) is 5.82 Å². The summed E-state index contributed by atoms with van der Waals surface area (Å²) in [5, 5.41) is 12.2. The first-order valence-corrected chi connectivity index (χ1v) is 9.85. The number of likely N-dealkylation sites (tertiary alicyclic amines) is 1. The van der Waals surface area contributed by atoms with Gasteiger partial charge in [0, 0.05) is 24.7 Å². The van der Waals surface area contributed by atoms with Crippen LogP contribution in [0.5, 0.6) is 0 Å². The summed E-state index contributed by atoms with van der Waals surface area (Å²) in [6, 6.07) is 5.29. The first kappa shape index (κ1) is 19.3. The fourth-order valence-corrected chi connectivity index (χ4v) is 3.74. The van der Waals surface area contributed by atoms with Gasteiger partial charge >= 0.3 is 0 Å². The van der Waals surface area contributed by atoms with Crippen LogP contribution >= 0.6 is 0 Å². The number of carbonyl (C=O) groups excluding carboxylic acids is 1. The van der Waals surface area contributed by atoms with Crippen LogP contribution in [0.3, 0.4) is 0 Å². The first-order valence-electron chi connectivity index (χ1n) is 9.85. The summed E-state index contributed by atoms with van der Waals surface area (Å²) < 4.78 is 1.87. The highest BCUT2D eigenvalue weighted by Gasteiger charge is 2.27. The average Bonchev–Trinajstić information content (AvgIpc) is 3.22. The number of aryl methyl sites for hydroxylation is 1. The SMILES string of the molecule is CNC(C)c1cn(C2CCCN(C(=O)c3ccc4c(=O)[nH]c(C)nc4c3)C2)nn1. The fourth-order valence-electron chi connectivity index (χ4n) is 3.74. The van der Waals surface area contributed by atoms with Crippen molar-refractivity contribution in [1.82, 2.24) is 35.2 Å². The smallest absolute Gasteiger partial charge is 0.258 e. The van der Waals surface area contributed by atoms with Gasteiger partial charge in [-0.05, 0) is 51.9 Å². The Morgan fingerprint density at radius 1 is 1.38 bits per heavy atom. The van der Waals surface area contributed by atoms with Gasteiger partial charge in [0.15, 0.2) is 0 Å². The molecule has 4 rings (SSSR count). The number of nitrogens with zero attached hydrogens (tertiary/aromatic N) is 5. The van der Waals surface area contributed by atoms with E-state index in [-0.39, 0.29) is 23.6 Å². The molecule has 0 bridgehead atoms. The molecule has 1 aliphatic rings. The lowest BCUT2D eigenvalue weighted by molar-refractivity contribution is 0.0672. The Morgan fingerprint density at radius 2 is 2.21 bits per heavy atom. The van der Waals surface area contributed by atoms with E-state index in [2.05, 4.69) is 25.6 Å². The molecular formula is C20H25N7O2. The number of piperidine rings is 1. The van der Waals surface area contributed by atoms with E-state index in [0.29, 0.717) is 35.4 Å². The number of carbonyl (C=O) groups is 1. The number of amides is 1. The Balaban J connectivity index is 1.55. The summed E-state index contributed by atoms with van der Waals surface area (Å²) in [4.78, 5) is 34.0. The molecule has 1 amide bonds. The zero-order valence-corrected chi connectivity index (χ0v) is 16.8. The zero-order valence-electron chi connectivity index (χ0n) is 16.8. The topological polar surface area (TPSA) is 109 Å². The molecule has 152 valence electrons. The average molecular weight is 395 g/mol. The molecule has 9 nitrogen and oxygen atoms in total. The number of hydrogen-bond donors (Lipinski definition) is 2. The molecule has 1 fully saturated rings. The molecule has 0 radical (unpaired) electrons. The summed E-state index contributed by atoms with van der Waals surface area (Å²) in [5.74, 6) is 0.475. The van der Waals surface area contributed by atoms with E-state index in [1.807, 2.05) is 29.7 Å². The van der Waals surface area contributed by atoms with Gasteiger partial charge < -0.3 is 15.2 Å². The van der Waals surface area contributed by atoms with Gasteiger partial charge in [-0.3, -0.25) is 9.59 Å². The molecular weight excluding hydrogens is 370 g/mol. The lowest BCUT2D eigenvalue weighted by Crippen LogP contribution is -2.40. The molecule has 9 heteroatoms. The van der Waals surface area contributed by atoms with E-state index in [1.54, 1.807) is 25.1 Å². The van der Waals surface area contributed by atoms with Crippen molar-refractivity contribution < 1.29 is 4.79 Å². The number of nitrogens with one attached hydrogen (secondary N) is 2. The van der Waals surface area contributed by atoms with E-state index >= 15 is 0 Å². The van der Waals surface area contributed by atoms with Crippen molar-refractivity contribution in [3.8, 4) is 0 Å². The van der Waals surface area contributed by atoms with Gasteiger partial charge in [-0.2, -0.15) is 0 Å². The highest BCUT2D eigenvalue weighted by atomic mass is 16.2. The van der Waals surface area contributed by atoms with Crippen molar-refractivity contribution in [3.05, 3.63) is 51.8 Å². The lowest BCUT2D eigenvalue weighted by Gasteiger charge is -2.32. The quantitative estimate of drug-likeness (QED) is 0.694. The highest BCUT2D eigenvalue weighted by molar-refractivity contribution is 5.97. The van der Waals surface area contributed by atoms with Crippen LogP contribution in [0.25, 0.3) is 10.9 Å². The van der Waals surface area contributed by atoms with Crippen molar-refractivity contribution in [2.45, 2.75) is 38.8 Å². The van der Waals surface area contributed by atoms with E-state index in [1.165, 1.54) is 0 Å². The number of rotatable bonds is 4. The number of H-pyrrole nitrogens is 1. The van der Waals surface area contributed by atoms with Crippen LogP contribution in [0.15, 0.2) is 29.2 Å².